The van der Waals surface area contributed by atoms with E-state index < -0.39 is 7.75 Å². The first kappa shape index (κ1) is 27.7. The summed E-state index contributed by atoms with van der Waals surface area (Å²) in [6.07, 6.45) is 1.75. The van der Waals surface area contributed by atoms with Crippen LogP contribution in [0.3, 0.4) is 0 Å². The maximum Gasteiger partial charge on any atom is 0.460 e. The SMILES string of the molecule is CC.CCc1ccccc1N(CCCN(C)P(=O)(OC)Oc1ccccc1)c1ccccc1C. The van der Waals surface area contributed by atoms with Crippen LogP contribution in [-0.2, 0) is 15.5 Å². The van der Waals surface area contributed by atoms with Gasteiger partial charge in [0.05, 0.1) is 0 Å². The van der Waals surface area contributed by atoms with Gasteiger partial charge < -0.3 is 9.42 Å². The average Bonchev–Trinajstić information content (AvgIpc) is 2.89. The molecule has 1 atom stereocenters. The molecule has 0 aliphatic carbocycles. The smallest absolute Gasteiger partial charge is 0.413 e. The van der Waals surface area contributed by atoms with Crippen molar-refractivity contribution < 1.29 is 13.6 Å². The van der Waals surface area contributed by atoms with Gasteiger partial charge in [0, 0.05) is 31.6 Å². The fourth-order valence-electron chi connectivity index (χ4n) is 3.75. The molecule has 0 N–H and O–H groups in total. The molecule has 0 amide bonds. The van der Waals surface area contributed by atoms with Crippen LogP contribution in [0.25, 0.3) is 0 Å². The topological polar surface area (TPSA) is 42.0 Å². The number of para-hydroxylation sites is 3. The van der Waals surface area contributed by atoms with Crippen LogP contribution in [0.15, 0.2) is 78.9 Å². The predicted molar refractivity (Wildman–Crippen MR) is 144 cm³/mol. The lowest BCUT2D eigenvalue weighted by Crippen LogP contribution is -2.26. The maximum absolute atomic E-state index is 13.3. The van der Waals surface area contributed by atoms with Gasteiger partial charge in [0.1, 0.15) is 5.75 Å². The summed E-state index contributed by atoms with van der Waals surface area (Å²) in [5, 5.41) is 0. The van der Waals surface area contributed by atoms with Crippen molar-refractivity contribution in [2.45, 2.75) is 40.5 Å². The normalized spacial score (nSPS) is 12.4. The van der Waals surface area contributed by atoms with Gasteiger partial charge in [-0.3, -0.25) is 4.52 Å². The lowest BCUT2D eigenvalue weighted by molar-refractivity contribution is 0.258. The van der Waals surface area contributed by atoms with Crippen LogP contribution in [0, 0.1) is 6.92 Å². The van der Waals surface area contributed by atoms with Crippen molar-refractivity contribution in [3.8, 4) is 5.75 Å². The maximum atomic E-state index is 13.3. The van der Waals surface area contributed by atoms with Crippen molar-refractivity contribution in [3.63, 3.8) is 0 Å². The van der Waals surface area contributed by atoms with Gasteiger partial charge in [-0.25, -0.2) is 9.24 Å². The molecule has 3 aromatic rings. The molecule has 0 fully saturated rings. The second-order valence-electron chi connectivity index (χ2n) is 7.71. The van der Waals surface area contributed by atoms with Gasteiger partial charge in [0.15, 0.2) is 0 Å². The van der Waals surface area contributed by atoms with Crippen LogP contribution in [0.1, 0.15) is 38.3 Å². The number of anilines is 2. The zero-order chi connectivity index (χ0) is 25.0. The van der Waals surface area contributed by atoms with E-state index in [9.17, 15) is 4.57 Å². The lowest BCUT2D eigenvalue weighted by Gasteiger charge is -2.30. The lowest BCUT2D eigenvalue weighted by atomic mass is 10.1. The monoisotopic (exact) mass is 482 g/mol. The minimum atomic E-state index is -3.43. The zero-order valence-electron chi connectivity index (χ0n) is 21.4. The summed E-state index contributed by atoms with van der Waals surface area (Å²) < 4.78 is 26.0. The molecule has 3 aromatic carbocycles. The molecule has 0 saturated heterocycles. The van der Waals surface area contributed by atoms with E-state index >= 15 is 0 Å². The molecule has 5 nitrogen and oxygen atoms in total. The Kier molecular flexibility index (Phi) is 11.4. The second kappa shape index (κ2) is 14.0. The van der Waals surface area contributed by atoms with Gasteiger partial charge in [-0.15, -0.1) is 0 Å². The Morgan fingerprint density at radius 2 is 1.41 bits per heavy atom. The van der Waals surface area contributed by atoms with E-state index in [4.69, 9.17) is 9.05 Å². The van der Waals surface area contributed by atoms with E-state index in [1.165, 1.54) is 29.6 Å². The number of benzene rings is 3. The summed E-state index contributed by atoms with van der Waals surface area (Å²) >= 11 is 0. The van der Waals surface area contributed by atoms with Crippen LogP contribution in [0.5, 0.6) is 5.75 Å². The highest BCUT2D eigenvalue weighted by atomic mass is 31.2. The van der Waals surface area contributed by atoms with E-state index in [2.05, 4.69) is 67.3 Å². The third kappa shape index (κ3) is 7.20. The number of rotatable bonds is 11. The molecule has 0 saturated carbocycles. The molecule has 0 aliphatic heterocycles. The van der Waals surface area contributed by atoms with E-state index in [0.29, 0.717) is 12.3 Å². The number of nitrogens with zero attached hydrogens (tertiary/aromatic N) is 2. The van der Waals surface area contributed by atoms with Crippen LogP contribution in [0.2, 0.25) is 0 Å². The average molecular weight is 483 g/mol. The van der Waals surface area contributed by atoms with Crippen LogP contribution < -0.4 is 9.42 Å². The number of hydrogen-bond donors (Lipinski definition) is 0. The molecule has 0 heterocycles. The minimum Gasteiger partial charge on any atom is -0.413 e. The van der Waals surface area contributed by atoms with Crippen molar-refractivity contribution in [3.05, 3.63) is 90.0 Å². The molecule has 0 spiro atoms. The molecule has 0 aromatic heterocycles. The van der Waals surface area contributed by atoms with Crippen molar-refractivity contribution in [1.82, 2.24) is 4.67 Å². The standard InChI is InChI=1S/C26H33N2O3P.C2H6/c1-5-23-15-10-12-19-26(23)28(25-18-11-9-14-22(25)2)21-13-20-27(3)32(29,30-4)31-24-16-7-6-8-17-24;1-2/h6-12,14-19H,5,13,20-21H2,1-4H3;1-2H3. The van der Waals surface area contributed by atoms with Crippen molar-refractivity contribution >= 4 is 19.1 Å². The molecular weight excluding hydrogens is 443 g/mol. The summed E-state index contributed by atoms with van der Waals surface area (Å²) in [6.45, 7) is 9.66. The van der Waals surface area contributed by atoms with E-state index in [0.717, 1.165) is 19.4 Å². The highest BCUT2D eigenvalue weighted by Crippen LogP contribution is 2.50. The minimum absolute atomic E-state index is 0.531. The molecule has 184 valence electrons. The summed E-state index contributed by atoms with van der Waals surface area (Å²) in [7, 11) is -0.216. The summed E-state index contributed by atoms with van der Waals surface area (Å²) in [6, 6.07) is 26.1. The molecule has 3 rings (SSSR count). The Morgan fingerprint density at radius 3 is 2.03 bits per heavy atom. The Hall–Kier alpha value is -2.59. The Morgan fingerprint density at radius 1 is 0.824 bits per heavy atom. The molecule has 0 bridgehead atoms. The van der Waals surface area contributed by atoms with Gasteiger partial charge in [0.2, 0.25) is 0 Å². The summed E-state index contributed by atoms with van der Waals surface area (Å²) in [5.41, 5.74) is 4.93. The Balaban J connectivity index is 0.00000199. The van der Waals surface area contributed by atoms with Gasteiger partial charge in [0.25, 0.3) is 0 Å². The van der Waals surface area contributed by atoms with Crippen molar-refractivity contribution in [1.29, 1.82) is 0 Å². The molecule has 1 unspecified atom stereocenters. The first-order valence-corrected chi connectivity index (χ1v) is 13.5. The molecule has 0 aliphatic rings. The molecule has 34 heavy (non-hydrogen) atoms. The zero-order valence-corrected chi connectivity index (χ0v) is 22.3. The van der Waals surface area contributed by atoms with Gasteiger partial charge in [-0.05, 0) is 62.2 Å². The van der Waals surface area contributed by atoms with E-state index in [-0.39, 0.29) is 0 Å². The van der Waals surface area contributed by atoms with Crippen LogP contribution in [0.4, 0.5) is 11.4 Å². The fourth-order valence-corrected chi connectivity index (χ4v) is 5.02. The van der Waals surface area contributed by atoms with Crippen molar-refractivity contribution in [2.24, 2.45) is 0 Å². The first-order valence-electron chi connectivity index (χ1n) is 12.0. The third-order valence-corrected chi connectivity index (χ3v) is 7.49. The quantitative estimate of drug-likeness (QED) is 0.260. The van der Waals surface area contributed by atoms with Gasteiger partial charge >= 0.3 is 7.75 Å². The highest BCUT2D eigenvalue weighted by Gasteiger charge is 2.31. The fraction of sp³-hybridized carbons (Fsp3) is 0.357. The highest BCUT2D eigenvalue weighted by molar-refractivity contribution is 7.51. The van der Waals surface area contributed by atoms with Crippen LogP contribution in [-0.4, -0.2) is 31.9 Å². The van der Waals surface area contributed by atoms with E-state index in [1.807, 2.05) is 32.0 Å². The second-order valence-corrected chi connectivity index (χ2v) is 9.88. The largest absolute Gasteiger partial charge is 0.460 e. The summed E-state index contributed by atoms with van der Waals surface area (Å²) in [4.78, 5) is 2.36. The van der Waals surface area contributed by atoms with Gasteiger partial charge in [-0.1, -0.05) is 75.4 Å². The molecule has 0 radical (unpaired) electrons. The number of aryl methyl sites for hydroxylation is 2. The van der Waals surface area contributed by atoms with Gasteiger partial charge in [-0.2, -0.15) is 0 Å². The first-order chi connectivity index (χ1) is 16.5. The summed E-state index contributed by atoms with van der Waals surface area (Å²) in [5.74, 6) is 0.531. The van der Waals surface area contributed by atoms with E-state index in [1.54, 1.807) is 23.9 Å². The predicted octanol–water partition coefficient (Wildman–Crippen LogP) is 7.88. The third-order valence-electron chi connectivity index (χ3n) is 5.55. The van der Waals surface area contributed by atoms with Crippen molar-refractivity contribution in [2.75, 3.05) is 32.1 Å². The Labute approximate surface area is 205 Å². The molecule has 6 heteroatoms. The van der Waals surface area contributed by atoms with Crippen LogP contribution >= 0.6 is 7.75 Å². The number of hydrogen-bond acceptors (Lipinski definition) is 4. The molecular formula is C28H39N2O3P. The Bertz CT molecular complexity index is 1040.